The summed E-state index contributed by atoms with van der Waals surface area (Å²) in [5.74, 6) is -1.33. The van der Waals surface area contributed by atoms with E-state index in [-0.39, 0.29) is 36.1 Å². The lowest BCUT2D eigenvalue weighted by Gasteiger charge is -2.23. The van der Waals surface area contributed by atoms with Crippen molar-refractivity contribution in [2.24, 2.45) is 11.7 Å². The number of ketones is 2. The van der Waals surface area contributed by atoms with Crippen molar-refractivity contribution in [3.63, 3.8) is 0 Å². The molecule has 2 aromatic rings. The molecule has 3 atom stereocenters. The maximum absolute atomic E-state index is 13.5. The standard InChI is InChI=1S/C33H47N3O6/c1-21-16-26(38)17-22(2)27(21)20-28(34)30(39)19-25(14-10-11-15-35-32(41)42-33(4,5)6)31(40)36-29(23(3)37)18-24-12-8-7-9-13-24/h7-9,12-13,16-17,25,28-29,38H,10-11,14-15,18-20,34H2,1-6H3,(H,35,41)(H,36,40). The molecule has 2 amide bonds. The molecular formula is C33H47N3O6. The molecule has 0 aliphatic carbocycles. The molecule has 0 aromatic heterocycles. The smallest absolute Gasteiger partial charge is 0.407 e. The van der Waals surface area contributed by atoms with E-state index in [9.17, 15) is 24.3 Å². The monoisotopic (exact) mass is 581 g/mol. The average molecular weight is 582 g/mol. The van der Waals surface area contributed by atoms with E-state index in [1.165, 1.54) is 6.92 Å². The third-order valence-corrected chi connectivity index (χ3v) is 7.07. The van der Waals surface area contributed by atoms with Crippen molar-refractivity contribution < 1.29 is 29.0 Å². The molecule has 230 valence electrons. The highest BCUT2D eigenvalue weighted by molar-refractivity contribution is 5.92. The predicted octanol–water partition coefficient (Wildman–Crippen LogP) is 4.47. The highest BCUT2D eigenvalue weighted by atomic mass is 16.6. The summed E-state index contributed by atoms with van der Waals surface area (Å²) in [7, 11) is 0. The Hall–Kier alpha value is -3.72. The molecule has 0 aliphatic rings. The summed E-state index contributed by atoms with van der Waals surface area (Å²) in [6.07, 6.45) is 1.58. The molecule has 2 aromatic carbocycles. The first-order chi connectivity index (χ1) is 19.7. The highest BCUT2D eigenvalue weighted by Crippen LogP contribution is 2.23. The van der Waals surface area contributed by atoms with Gasteiger partial charge in [-0.15, -0.1) is 0 Å². The summed E-state index contributed by atoms with van der Waals surface area (Å²) in [6.45, 7) is 10.9. The minimum absolute atomic E-state index is 0.0708. The van der Waals surface area contributed by atoms with E-state index in [1.807, 2.05) is 44.2 Å². The van der Waals surface area contributed by atoms with Crippen LogP contribution in [0.25, 0.3) is 0 Å². The molecule has 9 nitrogen and oxygen atoms in total. The molecule has 0 heterocycles. The number of hydrogen-bond acceptors (Lipinski definition) is 7. The van der Waals surface area contributed by atoms with E-state index in [4.69, 9.17) is 10.5 Å². The van der Waals surface area contributed by atoms with Crippen LogP contribution in [0.3, 0.4) is 0 Å². The second-order valence-corrected chi connectivity index (χ2v) is 12.0. The second kappa shape index (κ2) is 16.1. The number of carbonyl (C=O) groups is 4. The Kier molecular flexibility index (Phi) is 13.2. The van der Waals surface area contributed by atoms with Gasteiger partial charge in [0.05, 0.1) is 12.1 Å². The van der Waals surface area contributed by atoms with Gasteiger partial charge in [0.25, 0.3) is 0 Å². The Morgan fingerprint density at radius 2 is 1.60 bits per heavy atom. The fourth-order valence-electron chi connectivity index (χ4n) is 4.80. The number of carbonyl (C=O) groups excluding carboxylic acids is 4. The van der Waals surface area contributed by atoms with Crippen molar-refractivity contribution in [2.45, 2.75) is 97.8 Å². The van der Waals surface area contributed by atoms with Crippen LogP contribution in [-0.2, 0) is 32.0 Å². The molecule has 42 heavy (non-hydrogen) atoms. The molecule has 2 rings (SSSR count). The second-order valence-electron chi connectivity index (χ2n) is 12.0. The van der Waals surface area contributed by atoms with Crippen molar-refractivity contribution in [3.05, 3.63) is 64.7 Å². The zero-order valence-corrected chi connectivity index (χ0v) is 25.8. The number of amides is 2. The molecule has 0 bridgehead atoms. The number of aromatic hydroxyl groups is 1. The number of aryl methyl sites for hydroxylation is 2. The van der Waals surface area contributed by atoms with Crippen LogP contribution in [0.4, 0.5) is 4.79 Å². The third kappa shape index (κ3) is 12.0. The van der Waals surface area contributed by atoms with E-state index in [1.54, 1.807) is 32.9 Å². The predicted molar refractivity (Wildman–Crippen MR) is 163 cm³/mol. The normalized spacial score (nSPS) is 13.5. The number of benzene rings is 2. The number of alkyl carbamates (subject to hydrolysis) is 1. The maximum Gasteiger partial charge on any atom is 0.407 e. The number of nitrogens with two attached hydrogens (primary N) is 1. The Morgan fingerprint density at radius 1 is 0.976 bits per heavy atom. The fraction of sp³-hybridized carbons (Fsp3) is 0.515. The van der Waals surface area contributed by atoms with E-state index in [0.717, 1.165) is 22.3 Å². The van der Waals surface area contributed by atoms with Crippen LogP contribution in [0.15, 0.2) is 42.5 Å². The van der Waals surface area contributed by atoms with E-state index < -0.39 is 29.7 Å². The molecule has 0 spiro atoms. The number of rotatable bonds is 15. The van der Waals surface area contributed by atoms with E-state index in [2.05, 4.69) is 10.6 Å². The Bertz CT molecular complexity index is 1200. The Morgan fingerprint density at radius 3 is 2.17 bits per heavy atom. The van der Waals surface area contributed by atoms with E-state index >= 15 is 0 Å². The van der Waals surface area contributed by atoms with Gasteiger partial charge >= 0.3 is 6.09 Å². The summed E-state index contributed by atoms with van der Waals surface area (Å²) in [4.78, 5) is 51.1. The SMILES string of the molecule is CC(=O)C(Cc1ccccc1)NC(=O)C(CCCCNC(=O)OC(C)(C)C)CC(=O)C(N)Cc1c(C)cc(O)cc1C. The number of hydrogen-bond donors (Lipinski definition) is 4. The summed E-state index contributed by atoms with van der Waals surface area (Å²) in [6, 6.07) is 11.1. The number of nitrogens with one attached hydrogen (secondary N) is 2. The van der Waals surface area contributed by atoms with Gasteiger partial charge in [-0.1, -0.05) is 36.8 Å². The van der Waals surface area contributed by atoms with Crippen molar-refractivity contribution in [2.75, 3.05) is 6.54 Å². The van der Waals surface area contributed by atoms with Gasteiger partial charge in [-0.05, 0) is 102 Å². The molecule has 5 N–H and O–H groups in total. The number of unbranched alkanes of at least 4 members (excludes halogenated alkanes) is 1. The first kappa shape index (κ1) is 34.5. The molecule has 3 unspecified atom stereocenters. The summed E-state index contributed by atoms with van der Waals surface area (Å²) >= 11 is 0. The molecule has 0 radical (unpaired) electrons. The maximum atomic E-state index is 13.5. The molecule has 9 heteroatoms. The lowest BCUT2D eigenvalue weighted by Crippen LogP contribution is -2.45. The van der Waals surface area contributed by atoms with Gasteiger partial charge in [0, 0.05) is 18.9 Å². The van der Waals surface area contributed by atoms with Crippen LogP contribution in [-0.4, -0.2) is 52.9 Å². The minimum atomic E-state index is -0.830. The van der Waals surface area contributed by atoms with Gasteiger partial charge in [0.1, 0.15) is 11.4 Å². The molecule has 0 saturated heterocycles. The number of phenols is 1. The van der Waals surface area contributed by atoms with Crippen molar-refractivity contribution in [3.8, 4) is 5.75 Å². The minimum Gasteiger partial charge on any atom is -0.508 e. The lowest BCUT2D eigenvalue weighted by molar-refractivity contribution is -0.132. The van der Waals surface area contributed by atoms with E-state index in [0.29, 0.717) is 32.2 Å². The fourth-order valence-corrected chi connectivity index (χ4v) is 4.80. The van der Waals surface area contributed by atoms with Crippen molar-refractivity contribution in [1.82, 2.24) is 10.6 Å². The Balaban J connectivity index is 2.09. The zero-order valence-electron chi connectivity index (χ0n) is 25.8. The Labute approximate surface area is 249 Å². The number of ether oxygens (including phenoxy) is 1. The highest BCUT2D eigenvalue weighted by Gasteiger charge is 2.28. The topological polar surface area (TPSA) is 148 Å². The zero-order chi connectivity index (χ0) is 31.4. The van der Waals surface area contributed by atoms with Crippen molar-refractivity contribution >= 4 is 23.6 Å². The largest absolute Gasteiger partial charge is 0.508 e. The van der Waals surface area contributed by atoms with Crippen LogP contribution < -0.4 is 16.4 Å². The van der Waals surface area contributed by atoms with Crippen LogP contribution >= 0.6 is 0 Å². The van der Waals surface area contributed by atoms with Gasteiger partial charge < -0.3 is 26.2 Å². The molecule has 0 fully saturated rings. The summed E-state index contributed by atoms with van der Waals surface area (Å²) in [5, 5.41) is 15.4. The molecular weight excluding hydrogens is 534 g/mol. The lowest BCUT2D eigenvalue weighted by atomic mass is 9.89. The summed E-state index contributed by atoms with van der Waals surface area (Å²) < 4.78 is 5.25. The van der Waals surface area contributed by atoms with Crippen LogP contribution in [0, 0.1) is 19.8 Å². The van der Waals surface area contributed by atoms with Gasteiger partial charge in [0.15, 0.2) is 11.6 Å². The first-order valence-corrected chi connectivity index (χ1v) is 14.5. The average Bonchev–Trinajstić information content (AvgIpc) is 2.88. The molecule has 0 saturated carbocycles. The molecule has 0 aliphatic heterocycles. The summed E-state index contributed by atoms with van der Waals surface area (Å²) in [5.41, 5.74) is 9.21. The number of Topliss-reactive ketones (excluding diaryl/α,β-unsaturated/α-hetero) is 2. The van der Waals surface area contributed by atoms with Gasteiger partial charge in [-0.3, -0.25) is 14.4 Å². The third-order valence-electron chi connectivity index (χ3n) is 7.07. The first-order valence-electron chi connectivity index (χ1n) is 14.5. The van der Waals surface area contributed by atoms with Crippen molar-refractivity contribution in [1.29, 1.82) is 0 Å². The van der Waals surface area contributed by atoms with Crippen LogP contribution in [0.1, 0.15) is 75.6 Å². The van der Waals surface area contributed by atoms with Gasteiger partial charge in [-0.25, -0.2) is 4.79 Å². The quantitative estimate of drug-likeness (QED) is 0.227. The van der Waals surface area contributed by atoms with Gasteiger partial charge in [-0.2, -0.15) is 0 Å². The van der Waals surface area contributed by atoms with Crippen LogP contribution in [0.2, 0.25) is 0 Å². The van der Waals surface area contributed by atoms with Gasteiger partial charge in [0.2, 0.25) is 5.91 Å². The number of phenolic OH excluding ortho intramolecular Hbond substituents is 1. The van der Waals surface area contributed by atoms with Crippen LogP contribution in [0.5, 0.6) is 5.75 Å².